The number of amides is 1. The van der Waals surface area contributed by atoms with Gasteiger partial charge in [-0.15, -0.1) is 0 Å². The Kier molecular flexibility index (Phi) is 6.30. The predicted octanol–water partition coefficient (Wildman–Crippen LogP) is 5.37. The minimum absolute atomic E-state index is 0.0146. The van der Waals surface area contributed by atoms with Gasteiger partial charge in [0.25, 0.3) is 0 Å². The molecule has 1 heterocycles. The Morgan fingerprint density at radius 2 is 1.80 bits per heavy atom. The maximum Gasteiger partial charge on any atom is 0.239 e. The number of carbonyl (C=O) groups is 2. The molecule has 1 atom stereocenters. The molecule has 2 aromatic carbocycles. The Morgan fingerprint density at radius 1 is 1.09 bits per heavy atom. The van der Waals surface area contributed by atoms with Crippen molar-refractivity contribution in [2.45, 2.75) is 64.5 Å². The third-order valence-corrected chi connectivity index (χ3v) is 7.47. The number of anilines is 2. The molecule has 6 nitrogen and oxygen atoms in total. The second kappa shape index (κ2) is 9.40. The Hall–Kier alpha value is -3.28. The predicted molar refractivity (Wildman–Crippen MR) is 139 cm³/mol. The molecule has 35 heavy (non-hydrogen) atoms. The number of hydrogen-bond donors (Lipinski definition) is 2. The zero-order chi connectivity index (χ0) is 24.6. The minimum Gasteiger partial charge on any atom is -0.496 e. The van der Waals surface area contributed by atoms with E-state index in [1.54, 1.807) is 7.11 Å². The fourth-order valence-electron chi connectivity index (χ4n) is 5.94. The van der Waals surface area contributed by atoms with Crippen molar-refractivity contribution in [3.8, 4) is 5.75 Å². The third kappa shape index (κ3) is 4.66. The van der Waals surface area contributed by atoms with E-state index >= 15 is 0 Å². The van der Waals surface area contributed by atoms with Gasteiger partial charge in [-0.3, -0.25) is 9.59 Å². The van der Waals surface area contributed by atoms with Crippen molar-refractivity contribution in [1.29, 1.82) is 0 Å². The van der Waals surface area contributed by atoms with E-state index < -0.39 is 6.04 Å². The standard InChI is InChI=1S/C29H35N3O3/c1-29(2)16-22-27(24(33)17-29)28(20-12-6-9-15-25(20)35-3)32(23-14-8-7-13-21(23)31-22)18-26(34)30-19-10-4-5-11-19/h6-9,12-15,19,28,31H,4-5,10-11,16-18H2,1-3H3,(H,30,34). The number of hydrogen-bond acceptors (Lipinski definition) is 5. The van der Waals surface area contributed by atoms with E-state index in [1.807, 2.05) is 48.5 Å². The number of Topliss-reactive ketones (excluding diaryl/α,β-unsaturated/α-hetero) is 1. The van der Waals surface area contributed by atoms with Gasteiger partial charge in [-0.05, 0) is 42.9 Å². The van der Waals surface area contributed by atoms with Gasteiger partial charge in [0.2, 0.25) is 5.91 Å². The van der Waals surface area contributed by atoms with Gasteiger partial charge >= 0.3 is 0 Å². The molecule has 0 bridgehead atoms. The van der Waals surface area contributed by atoms with Gasteiger partial charge in [-0.25, -0.2) is 0 Å². The highest BCUT2D eigenvalue weighted by Crippen LogP contribution is 2.49. The molecule has 0 spiro atoms. The molecule has 1 unspecified atom stereocenters. The normalized spacial score (nSPS) is 21.6. The number of fused-ring (bicyclic) bond motifs is 1. The SMILES string of the molecule is COc1ccccc1C1C2=C(CC(C)(C)CC2=O)Nc2ccccc2N1CC(=O)NC1CCCC1. The second-order valence-corrected chi connectivity index (χ2v) is 10.8. The van der Waals surface area contributed by atoms with E-state index in [2.05, 4.69) is 29.4 Å². The number of carbonyl (C=O) groups excluding carboxylic acids is 2. The number of nitrogens with one attached hydrogen (secondary N) is 2. The summed E-state index contributed by atoms with van der Waals surface area (Å²) in [6, 6.07) is 15.7. The van der Waals surface area contributed by atoms with E-state index in [9.17, 15) is 9.59 Å². The summed E-state index contributed by atoms with van der Waals surface area (Å²) < 4.78 is 5.76. The zero-order valence-electron chi connectivity index (χ0n) is 20.9. The van der Waals surface area contributed by atoms with Crippen LogP contribution in [0, 0.1) is 5.41 Å². The zero-order valence-corrected chi connectivity index (χ0v) is 20.9. The Balaban J connectivity index is 1.66. The van der Waals surface area contributed by atoms with E-state index in [0.29, 0.717) is 12.2 Å². The van der Waals surface area contributed by atoms with Crippen LogP contribution in [0.3, 0.4) is 0 Å². The Bertz CT molecular complexity index is 1160. The molecule has 2 N–H and O–H groups in total. The molecule has 6 heteroatoms. The summed E-state index contributed by atoms with van der Waals surface area (Å²) in [5.41, 5.74) is 4.24. The number of ketones is 1. The largest absolute Gasteiger partial charge is 0.496 e. The summed E-state index contributed by atoms with van der Waals surface area (Å²) in [6.45, 7) is 4.43. The summed E-state index contributed by atoms with van der Waals surface area (Å²) in [6.07, 6.45) is 5.61. The first kappa shape index (κ1) is 23.5. The van der Waals surface area contributed by atoms with Crippen LogP contribution in [0.2, 0.25) is 0 Å². The average Bonchev–Trinajstić information content (AvgIpc) is 3.28. The quantitative estimate of drug-likeness (QED) is 0.611. The summed E-state index contributed by atoms with van der Waals surface area (Å²) in [4.78, 5) is 29.2. The molecule has 2 aliphatic carbocycles. The first-order chi connectivity index (χ1) is 16.9. The molecule has 2 aromatic rings. The van der Waals surface area contributed by atoms with Crippen molar-refractivity contribution < 1.29 is 14.3 Å². The van der Waals surface area contributed by atoms with Gasteiger partial charge in [-0.2, -0.15) is 0 Å². The monoisotopic (exact) mass is 473 g/mol. The number of methoxy groups -OCH3 is 1. The van der Waals surface area contributed by atoms with Gasteiger partial charge in [0.05, 0.1) is 31.1 Å². The molecule has 1 amide bonds. The number of ether oxygens (including phenoxy) is 1. The molecule has 1 saturated carbocycles. The average molecular weight is 474 g/mol. The van der Waals surface area contributed by atoms with Crippen LogP contribution in [-0.4, -0.2) is 31.4 Å². The van der Waals surface area contributed by atoms with Crippen molar-refractivity contribution >= 4 is 23.1 Å². The lowest BCUT2D eigenvalue weighted by Gasteiger charge is -2.38. The van der Waals surface area contributed by atoms with Crippen LogP contribution in [0.15, 0.2) is 59.8 Å². The maximum absolute atomic E-state index is 13.8. The third-order valence-electron chi connectivity index (χ3n) is 7.47. The highest BCUT2D eigenvalue weighted by Gasteiger charge is 2.42. The van der Waals surface area contributed by atoms with Gasteiger partial charge in [0.1, 0.15) is 5.75 Å². The lowest BCUT2D eigenvalue weighted by atomic mass is 9.73. The fraction of sp³-hybridized carbons (Fsp3) is 0.448. The van der Waals surface area contributed by atoms with Crippen LogP contribution in [0.1, 0.15) is 64.0 Å². The fourth-order valence-corrected chi connectivity index (χ4v) is 5.94. The highest BCUT2D eigenvalue weighted by atomic mass is 16.5. The molecule has 0 saturated heterocycles. The first-order valence-corrected chi connectivity index (χ1v) is 12.7. The van der Waals surface area contributed by atoms with Crippen molar-refractivity contribution in [2.75, 3.05) is 23.9 Å². The van der Waals surface area contributed by atoms with Crippen LogP contribution in [0.5, 0.6) is 5.75 Å². The maximum atomic E-state index is 13.8. The molecule has 184 valence electrons. The lowest BCUT2D eigenvalue weighted by Crippen LogP contribution is -2.44. The minimum atomic E-state index is -0.435. The van der Waals surface area contributed by atoms with Crippen LogP contribution in [0.25, 0.3) is 0 Å². The van der Waals surface area contributed by atoms with E-state index in [1.165, 1.54) is 0 Å². The molecule has 5 rings (SSSR count). The van der Waals surface area contributed by atoms with Crippen molar-refractivity contribution in [3.05, 3.63) is 65.4 Å². The van der Waals surface area contributed by atoms with E-state index in [4.69, 9.17) is 4.74 Å². The lowest BCUT2D eigenvalue weighted by molar-refractivity contribution is -0.121. The smallest absolute Gasteiger partial charge is 0.239 e. The van der Waals surface area contributed by atoms with E-state index in [-0.39, 0.29) is 29.7 Å². The Morgan fingerprint density at radius 3 is 2.57 bits per heavy atom. The molecule has 1 aliphatic heterocycles. The number of rotatable bonds is 5. The van der Waals surface area contributed by atoms with Crippen LogP contribution in [-0.2, 0) is 9.59 Å². The van der Waals surface area contributed by atoms with Crippen LogP contribution < -0.4 is 20.3 Å². The second-order valence-electron chi connectivity index (χ2n) is 10.8. The van der Waals surface area contributed by atoms with Crippen LogP contribution >= 0.6 is 0 Å². The molecular weight excluding hydrogens is 438 g/mol. The topological polar surface area (TPSA) is 70.7 Å². The number of nitrogens with zero attached hydrogens (tertiary/aromatic N) is 1. The number of allylic oxidation sites excluding steroid dienone is 1. The summed E-state index contributed by atoms with van der Waals surface area (Å²) in [5.74, 6) is 0.815. The summed E-state index contributed by atoms with van der Waals surface area (Å²) in [7, 11) is 1.65. The summed E-state index contributed by atoms with van der Waals surface area (Å²) in [5, 5.41) is 6.85. The molecule has 1 fully saturated rings. The molecule has 0 radical (unpaired) electrons. The molecule has 3 aliphatic rings. The van der Waals surface area contributed by atoms with Gasteiger partial charge in [0, 0.05) is 29.3 Å². The number of para-hydroxylation sites is 3. The van der Waals surface area contributed by atoms with Crippen molar-refractivity contribution in [1.82, 2.24) is 5.32 Å². The van der Waals surface area contributed by atoms with Gasteiger partial charge in [0.15, 0.2) is 5.78 Å². The first-order valence-electron chi connectivity index (χ1n) is 12.7. The van der Waals surface area contributed by atoms with Gasteiger partial charge in [-0.1, -0.05) is 57.0 Å². The Labute approximate surface area is 207 Å². The van der Waals surface area contributed by atoms with Crippen molar-refractivity contribution in [3.63, 3.8) is 0 Å². The van der Waals surface area contributed by atoms with Gasteiger partial charge < -0.3 is 20.3 Å². The van der Waals surface area contributed by atoms with Crippen LogP contribution in [0.4, 0.5) is 11.4 Å². The molecular formula is C29H35N3O3. The summed E-state index contributed by atoms with van der Waals surface area (Å²) >= 11 is 0. The van der Waals surface area contributed by atoms with Crippen molar-refractivity contribution in [2.24, 2.45) is 5.41 Å². The molecule has 0 aromatic heterocycles. The van der Waals surface area contributed by atoms with E-state index in [0.717, 1.165) is 60.3 Å². The highest BCUT2D eigenvalue weighted by molar-refractivity contribution is 6.02. The number of benzene rings is 2.